The zero-order chi connectivity index (χ0) is 22.5. The van der Waals surface area contributed by atoms with Crippen LogP contribution in [0.5, 0.6) is 5.75 Å². The number of aryl methyl sites for hydroxylation is 1. The average Bonchev–Trinajstić information content (AvgIpc) is 2.72. The number of fused-ring (bicyclic) bond motifs is 1. The van der Waals surface area contributed by atoms with E-state index in [1.807, 2.05) is 32.9 Å². The highest BCUT2D eigenvalue weighted by Gasteiger charge is 2.17. The highest BCUT2D eigenvalue weighted by molar-refractivity contribution is 5.88. The summed E-state index contributed by atoms with van der Waals surface area (Å²) >= 11 is 0. The summed E-state index contributed by atoms with van der Waals surface area (Å²) in [5, 5.41) is 2.34. The zero-order valence-electron chi connectivity index (χ0n) is 20.2. The third kappa shape index (κ3) is 9.76. The molecule has 0 aliphatic rings. The maximum atomic E-state index is 12.3. The summed E-state index contributed by atoms with van der Waals surface area (Å²) in [7, 11) is 0. The van der Waals surface area contributed by atoms with Crippen LogP contribution in [0, 0.1) is 0 Å². The minimum absolute atomic E-state index is 0.162. The minimum atomic E-state index is -0.453. The van der Waals surface area contributed by atoms with Crippen LogP contribution < -0.4 is 4.74 Å². The SMILES string of the molecule is CCCCCCCCCCCOc1ccc2ccccc2c1CCC(=O)OC(C)(C)C. The van der Waals surface area contributed by atoms with Gasteiger partial charge in [-0.05, 0) is 50.5 Å². The first kappa shape index (κ1) is 25.2. The first-order chi connectivity index (χ1) is 14.9. The molecule has 0 saturated carbocycles. The second-order valence-electron chi connectivity index (χ2n) is 9.53. The summed E-state index contributed by atoms with van der Waals surface area (Å²) in [6, 6.07) is 12.5. The van der Waals surface area contributed by atoms with Crippen LogP contribution in [-0.2, 0) is 16.0 Å². The molecule has 2 rings (SSSR count). The van der Waals surface area contributed by atoms with Gasteiger partial charge in [0.25, 0.3) is 0 Å². The van der Waals surface area contributed by atoms with Crippen LogP contribution in [0.3, 0.4) is 0 Å². The number of esters is 1. The molecule has 2 aromatic carbocycles. The van der Waals surface area contributed by atoms with E-state index in [-0.39, 0.29) is 5.97 Å². The molecule has 0 radical (unpaired) electrons. The summed E-state index contributed by atoms with van der Waals surface area (Å²) in [6.45, 7) is 8.71. The Balaban J connectivity index is 1.86. The fourth-order valence-corrected chi connectivity index (χ4v) is 3.92. The number of hydrogen-bond acceptors (Lipinski definition) is 3. The Labute approximate surface area is 189 Å². The maximum Gasteiger partial charge on any atom is 0.306 e. The molecule has 0 bridgehead atoms. The van der Waals surface area contributed by atoms with Gasteiger partial charge in [0.1, 0.15) is 11.4 Å². The van der Waals surface area contributed by atoms with E-state index in [9.17, 15) is 4.79 Å². The zero-order valence-corrected chi connectivity index (χ0v) is 20.2. The van der Waals surface area contributed by atoms with E-state index in [1.165, 1.54) is 56.8 Å². The number of ether oxygens (including phenoxy) is 2. The van der Waals surface area contributed by atoms with Crippen LogP contribution in [0.2, 0.25) is 0 Å². The van der Waals surface area contributed by atoms with Crippen molar-refractivity contribution in [2.24, 2.45) is 0 Å². The smallest absolute Gasteiger partial charge is 0.306 e. The van der Waals surface area contributed by atoms with Crippen molar-refractivity contribution in [1.82, 2.24) is 0 Å². The van der Waals surface area contributed by atoms with E-state index >= 15 is 0 Å². The van der Waals surface area contributed by atoms with Crippen LogP contribution in [-0.4, -0.2) is 18.2 Å². The fourth-order valence-electron chi connectivity index (χ4n) is 3.92. The number of hydrogen-bond donors (Lipinski definition) is 0. The van der Waals surface area contributed by atoms with Gasteiger partial charge in [0.15, 0.2) is 0 Å². The molecule has 31 heavy (non-hydrogen) atoms. The van der Waals surface area contributed by atoms with Gasteiger partial charge in [-0.1, -0.05) is 88.6 Å². The molecule has 0 unspecified atom stereocenters. The van der Waals surface area contributed by atoms with Gasteiger partial charge in [-0.2, -0.15) is 0 Å². The van der Waals surface area contributed by atoms with Crippen molar-refractivity contribution in [3.63, 3.8) is 0 Å². The third-order valence-corrected chi connectivity index (χ3v) is 5.50. The second-order valence-corrected chi connectivity index (χ2v) is 9.53. The number of carbonyl (C=O) groups is 1. The molecule has 0 spiro atoms. The summed E-state index contributed by atoms with van der Waals surface area (Å²) in [5.41, 5.74) is 0.658. The van der Waals surface area contributed by atoms with Crippen LogP contribution in [0.1, 0.15) is 97.5 Å². The van der Waals surface area contributed by atoms with Crippen molar-refractivity contribution < 1.29 is 14.3 Å². The molecule has 0 N–H and O–H groups in total. The number of unbranched alkanes of at least 4 members (excludes halogenated alkanes) is 8. The van der Waals surface area contributed by atoms with E-state index in [2.05, 4.69) is 31.2 Å². The fraction of sp³-hybridized carbons (Fsp3) is 0.607. The normalized spacial score (nSPS) is 11.6. The predicted molar refractivity (Wildman–Crippen MR) is 131 cm³/mol. The maximum absolute atomic E-state index is 12.3. The van der Waals surface area contributed by atoms with Crippen molar-refractivity contribution in [2.75, 3.05) is 6.61 Å². The number of benzene rings is 2. The van der Waals surface area contributed by atoms with Gasteiger partial charge in [0, 0.05) is 12.0 Å². The highest BCUT2D eigenvalue weighted by atomic mass is 16.6. The second kappa shape index (κ2) is 13.4. The van der Waals surface area contributed by atoms with Gasteiger partial charge in [-0.15, -0.1) is 0 Å². The minimum Gasteiger partial charge on any atom is -0.493 e. The average molecular weight is 427 g/mol. The lowest BCUT2D eigenvalue weighted by Gasteiger charge is -2.20. The Hall–Kier alpha value is -2.03. The van der Waals surface area contributed by atoms with Crippen LogP contribution in [0.15, 0.2) is 36.4 Å². The quantitative estimate of drug-likeness (QED) is 0.226. The molecule has 0 amide bonds. The molecule has 172 valence electrons. The van der Waals surface area contributed by atoms with Crippen LogP contribution in [0.25, 0.3) is 10.8 Å². The van der Waals surface area contributed by atoms with Crippen molar-refractivity contribution in [3.8, 4) is 5.75 Å². The molecule has 0 aliphatic carbocycles. The van der Waals surface area contributed by atoms with E-state index in [0.717, 1.165) is 29.7 Å². The van der Waals surface area contributed by atoms with Crippen molar-refractivity contribution >= 4 is 16.7 Å². The Morgan fingerprint density at radius 1 is 0.839 bits per heavy atom. The Morgan fingerprint density at radius 3 is 2.16 bits per heavy atom. The van der Waals surface area contributed by atoms with Gasteiger partial charge in [-0.25, -0.2) is 0 Å². The largest absolute Gasteiger partial charge is 0.493 e. The molecule has 3 nitrogen and oxygen atoms in total. The standard InChI is InChI=1S/C28H42O3/c1-5-6-7-8-9-10-11-12-15-22-30-26-20-18-23-16-13-14-17-24(23)25(26)19-21-27(29)31-28(2,3)4/h13-14,16-18,20H,5-12,15,19,21-22H2,1-4H3. The van der Waals surface area contributed by atoms with E-state index in [1.54, 1.807) is 0 Å². The molecule has 0 saturated heterocycles. The van der Waals surface area contributed by atoms with Crippen molar-refractivity contribution in [2.45, 2.75) is 104 Å². The molecular weight excluding hydrogens is 384 g/mol. The molecule has 0 heterocycles. The lowest BCUT2D eigenvalue weighted by molar-refractivity contribution is -0.154. The Kier molecular flexibility index (Phi) is 10.9. The number of carbonyl (C=O) groups excluding carboxylic acids is 1. The first-order valence-electron chi connectivity index (χ1n) is 12.3. The van der Waals surface area contributed by atoms with Gasteiger partial charge >= 0.3 is 5.97 Å². The molecule has 3 heteroatoms. The van der Waals surface area contributed by atoms with Gasteiger partial charge < -0.3 is 9.47 Å². The first-order valence-corrected chi connectivity index (χ1v) is 12.3. The summed E-state index contributed by atoms with van der Waals surface area (Å²) in [6.07, 6.45) is 12.7. The summed E-state index contributed by atoms with van der Waals surface area (Å²) in [5.74, 6) is 0.743. The van der Waals surface area contributed by atoms with Gasteiger partial charge in [0.2, 0.25) is 0 Å². The Morgan fingerprint density at radius 2 is 1.48 bits per heavy atom. The van der Waals surface area contributed by atoms with Gasteiger partial charge in [-0.3, -0.25) is 4.79 Å². The van der Waals surface area contributed by atoms with Crippen LogP contribution >= 0.6 is 0 Å². The molecule has 0 atom stereocenters. The molecule has 0 aliphatic heterocycles. The summed E-state index contributed by atoms with van der Waals surface area (Å²) in [4.78, 5) is 12.3. The van der Waals surface area contributed by atoms with Crippen molar-refractivity contribution in [1.29, 1.82) is 0 Å². The van der Waals surface area contributed by atoms with Crippen LogP contribution in [0.4, 0.5) is 0 Å². The topological polar surface area (TPSA) is 35.5 Å². The lowest BCUT2D eigenvalue weighted by atomic mass is 9.99. The van der Waals surface area contributed by atoms with E-state index < -0.39 is 5.60 Å². The molecule has 0 fully saturated rings. The third-order valence-electron chi connectivity index (χ3n) is 5.50. The highest BCUT2D eigenvalue weighted by Crippen LogP contribution is 2.30. The number of rotatable bonds is 14. The molecule has 2 aromatic rings. The van der Waals surface area contributed by atoms with Crippen molar-refractivity contribution in [3.05, 3.63) is 42.0 Å². The van der Waals surface area contributed by atoms with E-state index in [4.69, 9.17) is 9.47 Å². The Bertz CT molecular complexity index is 788. The lowest BCUT2D eigenvalue weighted by Crippen LogP contribution is -2.24. The molecule has 0 aromatic heterocycles. The monoisotopic (exact) mass is 426 g/mol. The predicted octanol–water partition coefficient (Wildman–Crippen LogP) is 8.02. The van der Waals surface area contributed by atoms with Gasteiger partial charge in [0.05, 0.1) is 6.61 Å². The van der Waals surface area contributed by atoms with E-state index in [0.29, 0.717) is 12.8 Å². The molecular formula is C28H42O3. The summed E-state index contributed by atoms with van der Waals surface area (Å²) < 4.78 is 11.7.